The molecule has 0 heterocycles. The smallest absolute Gasteiger partial charge is 0.147 e. The van der Waals surface area contributed by atoms with E-state index in [4.69, 9.17) is 0 Å². The maximum Gasteiger partial charge on any atom is 0.147 e. The van der Waals surface area contributed by atoms with E-state index in [0.29, 0.717) is 11.8 Å². The van der Waals surface area contributed by atoms with Crippen molar-refractivity contribution in [2.45, 2.75) is 38.6 Å². The first-order valence-corrected chi connectivity index (χ1v) is 8.47. The highest BCUT2D eigenvalue weighted by molar-refractivity contribution is 7.90. The molecule has 4 nitrogen and oxygen atoms in total. The van der Waals surface area contributed by atoms with Crippen LogP contribution in [0.1, 0.15) is 32.6 Å². The molecule has 1 atom stereocenters. The van der Waals surface area contributed by atoms with Crippen molar-refractivity contribution in [1.29, 1.82) is 0 Å². The zero-order valence-electron chi connectivity index (χ0n) is 11.7. The van der Waals surface area contributed by atoms with Crippen LogP contribution in [0.25, 0.3) is 0 Å². The van der Waals surface area contributed by atoms with E-state index in [1.54, 1.807) is 0 Å². The highest BCUT2D eigenvalue weighted by Crippen LogP contribution is 2.05. The highest BCUT2D eigenvalue weighted by Gasteiger charge is 2.10. The molecule has 0 saturated heterocycles. The first-order valence-electron chi connectivity index (χ1n) is 6.41. The number of hydrogen-bond donors (Lipinski definition) is 1. The van der Waals surface area contributed by atoms with Gasteiger partial charge in [0.1, 0.15) is 9.84 Å². The second kappa shape index (κ2) is 8.89. The molecule has 1 N–H and O–H groups in total. The number of nitrogens with one attached hydrogen (secondary N) is 1. The SMILES string of the molecule is CCCNC(CCCS(C)(=O)=O)CCN(C)C. The van der Waals surface area contributed by atoms with Gasteiger partial charge in [-0.3, -0.25) is 0 Å². The molecule has 0 aliphatic heterocycles. The van der Waals surface area contributed by atoms with Crippen molar-refractivity contribution >= 4 is 9.84 Å². The van der Waals surface area contributed by atoms with E-state index in [1.807, 2.05) is 0 Å². The predicted molar refractivity (Wildman–Crippen MR) is 74.2 cm³/mol. The van der Waals surface area contributed by atoms with Crippen molar-refractivity contribution in [3.05, 3.63) is 0 Å². The standard InChI is InChI=1S/C12H28N2O2S/c1-5-9-13-12(8-10-14(2)3)7-6-11-17(4,15)16/h12-13H,5-11H2,1-4H3. The van der Waals surface area contributed by atoms with Crippen LogP contribution in [-0.4, -0.2) is 58.6 Å². The Kier molecular flexibility index (Phi) is 8.82. The van der Waals surface area contributed by atoms with Crippen LogP contribution in [-0.2, 0) is 9.84 Å². The third-order valence-corrected chi connectivity index (χ3v) is 3.71. The van der Waals surface area contributed by atoms with E-state index in [-0.39, 0.29) is 0 Å². The molecule has 17 heavy (non-hydrogen) atoms. The van der Waals surface area contributed by atoms with Crippen molar-refractivity contribution in [3.8, 4) is 0 Å². The second-order valence-electron chi connectivity index (χ2n) is 5.02. The van der Waals surface area contributed by atoms with Gasteiger partial charge in [0.2, 0.25) is 0 Å². The molecule has 0 saturated carbocycles. The molecule has 5 heteroatoms. The largest absolute Gasteiger partial charge is 0.314 e. The van der Waals surface area contributed by atoms with Crippen LogP contribution < -0.4 is 5.32 Å². The van der Waals surface area contributed by atoms with Gasteiger partial charge < -0.3 is 10.2 Å². The van der Waals surface area contributed by atoms with E-state index in [2.05, 4.69) is 31.2 Å². The Morgan fingerprint density at radius 1 is 1.24 bits per heavy atom. The summed E-state index contributed by atoms with van der Waals surface area (Å²) in [5.74, 6) is 0.305. The molecule has 0 fully saturated rings. The summed E-state index contributed by atoms with van der Waals surface area (Å²) in [7, 11) is 1.32. The summed E-state index contributed by atoms with van der Waals surface area (Å²) in [6.07, 6.45) is 5.21. The molecular formula is C12H28N2O2S. The van der Waals surface area contributed by atoms with Crippen molar-refractivity contribution in [1.82, 2.24) is 10.2 Å². The summed E-state index contributed by atoms with van der Waals surface area (Å²) in [5.41, 5.74) is 0. The van der Waals surface area contributed by atoms with Crippen LogP contribution in [0, 0.1) is 0 Å². The van der Waals surface area contributed by atoms with Gasteiger partial charge in [0, 0.05) is 18.1 Å². The Labute approximate surface area is 107 Å². The van der Waals surface area contributed by atoms with Gasteiger partial charge in [-0.05, 0) is 52.9 Å². The van der Waals surface area contributed by atoms with E-state index in [0.717, 1.165) is 38.8 Å². The van der Waals surface area contributed by atoms with E-state index in [9.17, 15) is 8.42 Å². The lowest BCUT2D eigenvalue weighted by molar-refractivity contribution is 0.347. The van der Waals surface area contributed by atoms with Crippen LogP contribution in [0.2, 0.25) is 0 Å². The van der Waals surface area contributed by atoms with Crippen LogP contribution in [0.15, 0.2) is 0 Å². The summed E-state index contributed by atoms with van der Waals surface area (Å²) in [6, 6.07) is 0.444. The minimum absolute atomic E-state index is 0.305. The third kappa shape index (κ3) is 12.1. The van der Waals surface area contributed by atoms with Gasteiger partial charge in [-0.1, -0.05) is 6.92 Å². The fourth-order valence-corrected chi connectivity index (χ4v) is 2.39. The van der Waals surface area contributed by atoms with E-state index >= 15 is 0 Å². The lowest BCUT2D eigenvalue weighted by Crippen LogP contribution is -2.33. The predicted octanol–water partition coefficient (Wildman–Crippen LogP) is 1.13. The highest BCUT2D eigenvalue weighted by atomic mass is 32.2. The van der Waals surface area contributed by atoms with Crippen LogP contribution in [0.5, 0.6) is 0 Å². The Hall–Kier alpha value is -0.130. The summed E-state index contributed by atoms with van der Waals surface area (Å²) < 4.78 is 22.1. The second-order valence-corrected chi connectivity index (χ2v) is 7.27. The van der Waals surface area contributed by atoms with Crippen LogP contribution in [0.4, 0.5) is 0 Å². The van der Waals surface area contributed by atoms with Crippen molar-refractivity contribution in [2.75, 3.05) is 39.2 Å². The molecule has 1 unspecified atom stereocenters. The van der Waals surface area contributed by atoms with Gasteiger partial charge in [0.05, 0.1) is 0 Å². The van der Waals surface area contributed by atoms with Crippen LogP contribution in [0.3, 0.4) is 0 Å². The molecule has 0 bridgehead atoms. The molecule has 0 spiro atoms. The van der Waals surface area contributed by atoms with Crippen molar-refractivity contribution in [3.63, 3.8) is 0 Å². The Balaban J connectivity index is 3.92. The number of sulfone groups is 1. The summed E-state index contributed by atoms with van der Waals surface area (Å²) in [6.45, 7) is 4.20. The molecule has 0 aromatic heterocycles. The van der Waals surface area contributed by atoms with E-state index < -0.39 is 9.84 Å². The fourth-order valence-electron chi connectivity index (χ4n) is 1.70. The number of nitrogens with zero attached hydrogens (tertiary/aromatic N) is 1. The first-order chi connectivity index (χ1) is 7.85. The third-order valence-electron chi connectivity index (χ3n) is 2.68. The Bertz CT molecular complexity index is 276. The van der Waals surface area contributed by atoms with Crippen LogP contribution >= 0.6 is 0 Å². The molecule has 104 valence electrons. The minimum Gasteiger partial charge on any atom is -0.314 e. The van der Waals surface area contributed by atoms with Gasteiger partial charge in [-0.25, -0.2) is 8.42 Å². The molecule has 0 rings (SSSR count). The van der Waals surface area contributed by atoms with Crippen molar-refractivity contribution < 1.29 is 8.42 Å². The van der Waals surface area contributed by atoms with Gasteiger partial charge >= 0.3 is 0 Å². The zero-order valence-corrected chi connectivity index (χ0v) is 12.5. The average Bonchev–Trinajstić information content (AvgIpc) is 2.19. The molecule has 0 aromatic rings. The number of hydrogen-bond acceptors (Lipinski definition) is 4. The first kappa shape index (κ1) is 16.9. The normalized spacial score (nSPS) is 14.2. The topological polar surface area (TPSA) is 49.4 Å². The maximum absolute atomic E-state index is 11.1. The van der Waals surface area contributed by atoms with Gasteiger partial charge in [-0.2, -0.15) is 0 Å². The molecular weight excluding hydrogens is 236 g/mol. The Morgan fingerprint density at radius 3 is 2.35 bits per heavy atom. The fraction of sp³-hybridized carbons (Fsp3) is 1.00. The van der Waals surface area contributed by atoms with Crippen molar-refractivity contribution in [2.24, 2.45) is 0 Å². The van der Waals surface area contributed by atoms with E-state index in [1.165, 1.54) is 6.26 Å². The molecule has 0 radical (unpaired) electrons. The monoisotopic (exact) mass is 264 g/mol. The summed E-state index contributed by atoms with van der Waals surface area (Å²) in [5, 5.41) is 3.49. The minimum atomic E-state index is -2.81. The lowest BCUT2D eigenvalue weighted by atomic mass is 10.1. The maximum atomic E-state index is 11.1. The lowest BCUT2D eigenvalue weighted by Gasteiger charge is -2.20. The van der Waals surface area contributed by atoms with Gasteiger partial charge in [-0.15, -0.1) is 0 Å². The molecule has 0 aliphatic rings. The van der Waals surface area contributed by atoms with Gasteiger partial charge in [0.15, 0.2) is 0 Å². The zero-order chi connectivity index (χ0) is 13.3. The summed E-state index contributed by atoms with van der Waals surface area (Å²) >= 11 is 0. The summed E-state index contributed by atoms with van der Waals surface area (Å²) in [4.78, 5) is 2.16. The molecule has 0 amide bonds. The Morgan fingerprint density at radius 2 is 1.88 bits per heavy atom. The molecule has 0 aliphatic carbocycles. The molecule has 0 aromatic carbocycles. The quantitative estimate of drug-likeness (QED) is 0.643. The number of rotatable bonds is 10. The van der Waals surface area contributed by atoms with Gasteiger partial charge in [0.25, 0.3) is 0 Å². The average molecular weight is 264 g/mol.